The third-order valence-corrected chi connectivity index (χ3v) is 5.17. The molecule has 0 spiro atoms. The molecule has 3 heterocycles. The first kappa shape index (κ1) is 18.1. The van der Waals surface area contributed by atoms with E-state index in [4.69, 9.17) is 0 Å². The molecule has 3 aromatic heterocycles. The number of hydrogen-bond donors (Lipinski definition) is 0. The minimum Gasteiger partial charge on any atom is -0.272 e. The lowest BCUT2D eigenvalue weighted by Crippen LogP contribution is -2.13. The lowest BCUT2D eigenvalue weighted by atomic mass is 9.97. The molecular weight excluding hydrogens is 348 g/mol. The van der Waals surface area contributed by atoms with E-state index in [1.165, 1.54) is 11.1 Å². The van der Waals surface area contributed by atoms with E-state index in [9.17, 15) is 0 Å². The van der Waals surface area contributed by atoms with Crippen LogP contribution in [0, 0.1) is 20.8 Å². The monoisotopic (exact) mass is 372 g/mol. The van der Waals surface area contributed by atoms with Crippen LogP contribution in [0.4, 0.5) is 0 Å². The van der Waals surface area contributed by atoms with Crippen LogP contribution in [-0.2, 0) is 6.54 Å². The number of aromatic nitrogens is 6. The van der Waals surface area contributed by atoms with E-state index in [2.05, 4.69) is 65.4 Å². The van der Waals surface area contributed by atoms with Crippen LogP contribution in [0.2, 0.25) is 0 Å². The number of rotatable bonds is 5. The molecule has 0 unspecified atom stereocenters. The van der Waals surface area contributed by atoms with Gasteiger partial charge < -0.3 is 0 Å². The van der Waals surface area contributed by atoms with Crippen molar-refractivity contribution < 1.29 is 0 Å². The minimum absolute atomic E-state index is 0.0872. The van der Waals surface area contributed by atoms with E-state index in [0.717, 1.165) is 34.6 Å². The normalized spacial score (nSPS) is 12.3. The predicted molar refractivity (Wildman–Crippen MR) is 109 cm³/mol. The Labute approximate surface area is 164 Å². The highest BCUT2D eigenvalue weighted by Gasteiger charge is 2.20. The summed E-state index contributed by atoms with van der Waals surface area (Å²) in [6.45, 7) is 9.16. The Kier molecular flexibility index (Phi) is 4.77. The zero-order valence-corrected chi connectivity index (χ0v) is 16.7. The standard InChI is InChI=1S/C22H24N6/c1-5-27-13-20(17(4)25-27)21-14-28(26-24-21)22(19-7-6-10-23-12-19)18-9-8-15(2)16(3)11-18/h6-14,22H,5H2,1-4H3/t22-/m1/s1. The van der Waals surface area contributed by atoms with E-state index >= 15 is 0 Å². The van der Waals surface area contributed by atoms with Crippen molar-refractivity contribution in [2.24, 2.45) is 0 Å². The van der Waals surface area contributed by atoms with Gasteiger partial charge in [-0.15, -0.1) is 5.10 Å². The molecule has 6 heteroatoms. The molecular formula is C22H24N6. The van der Waals surface area contributed by atoms with Crippen molar-refractivity contribution in [2.45, 2.75) is 40.3 Å². The summed E-state index contributed by atoms with van der Waals surface area (Å²) >= 11 is 0. The second-order valence-electron chi connectivity index (χ2n) is 7.10. The Morgan fingerprint density at radius 2 is 1.86 bits per heavy atom. The van der Waals surface area contributed by atoms with Crippen molar-refractivity contribution in [3.8, 4) is 11.3 Å². The van der Waals surface area contributed by atoms with Crippen molar-refractivity contribution in [1.29, 1.82) is 0 Å². The van der Waals surface area contributed by atoms with Gasteiger partial charge in [-0.3, -0.25) is 9.67 Å². The molecule has 6 nitrogen and oxygen atoms in total. The summed E-state index contributed by atoms with van der Waals surface area (Å²) in [5.41, 5.74) is 7.56. The van der Waals surface area contributed by atoms with Crippen LogP contribution in [0.15, 0.2) is 55.1 Å². The highest BCUT2D eigenvalue weighted by Crippen LogP contribution is 2.29. The quantitative estimate of drug-likeness (QED) is 0.529. The van der Waals surface area contributed by atoms with E-state index < -0.39 is 0 Å². The Balaban J connectivity index is 1.80. The Hall–Kier alpha value is -3.28. The summed E-state index contributed by atoms with van der Waals surface area (Å²) in [5.74, 6) is 0. The van der Waals surface area contributed by atoms with E-state index in [-0.39, 0.29) is 6.04 Å². The highest BCUT2D eigenvalue weighted by molar-refractivity contribution is 5.59. The first-order valence-corrected chi connectivity index (χ1v) is 9.50. The predicted octanol–water partition coefficient (Wildman–Crippen LogP) is 4.12. The molecule has 4 rings (SSSR count). The third-order valence-electron chi connectivity index (χ3n) is 5.17. The van der Waals surface area contributed by atoms with Gasteiger partial charge in [0.05, 0.1) is 11.9 Å². The van der Waals surface area contributed by atoms with Crippen LogP contribution >= 0.6 is 0 Å². The van der Waals surface area contributed by atoms with Gasteiger partial charge in [-0.1, -0.05) is 29.5 Å². The number of aryl methyl sites for hydroxylation is 4. The van der Waals surface area contributed by atoms with Crippen LogP contribution in [0.3, 0.4) is 0 Å². The van der Waals surface area contributed by atoms with Crippen molar-refractivity contribution in [3.63, 3.8) is 0 Å². The molecule has 0 saturated carbocycles. The van der Waals surface area contributed by atoms with Gasteiger partial charge >= 0.3 is 0 Å². The molecule has 0 aliphatic carbocycles. The molecule has 0 radical (unpaired) electrons. The van der Waals surface area contributed by atoms with Crippen molar-refractivity contribution in [2.75, 3.05) is 0 Å². The SMILES string of the molecule is CCn1cc(-c2cn([C@@H](c3cccnc3)c3ccc(C)c(C)c3)nn2)c(C)n1. The maximum Gasteiger partial charge on any atom is 0.116 e. The van der Waals surface area contributed by atoms with Gasteiger partial charge in [0.25, 0.3) is 0 Å². The average molecular weight is 372 g/mol. The summed E-state index contributed by atoms with van der Waals surface area (Å²) in [6, 6.07) is 10.5. The number of hydrogen-bond acceptors (Lipinski definition) is 4. The topological polar surface area (TPSA) is 61.4 Å². The van der Waals surface area contributed by atoms with Crippen molar-refractivity contribution in [3.05, 3.63) is 83.1 Å². The van der Waals surface area contributed by atoms with Gasteiger partial charge in [-0.05, 0) is 56.0 Å². The number of benzene rings is 1. The molecule has 0 aliphatic heterocycles. The van der Waals surface area contributed by atoms with Crippen molar-refractivity contribution >= 4 is 0 Å². The summed E-state index contributed by atoms with van der Waals surface area (Å²) in [5, 5.41) is 13.4. The lowest BCUT2D eigenvalue weighted by molar-refractivity contribution is 0.569. The summed E-state index contributed by atoms with van der Waals surface area (Å²) < 4.78 is 3.84. The summed E-state index contributed by atoms with van der Waals surface area (Å²) in [6.07, 6.45) is 7.70. The van der Waals surface area contributed by atoms with Gasteiger partial charge in [0.1, 0.15) is 11.7 Å². The maximum atomic E-state index is 4.53. The molecule has 0 amide bonds. The zero-order chi connectivity index (χ0) is 19.7. The van der Waals surface area contributed by atoms with Gasteiger partial charge in [-0.25, -0.2) is 4.68 Å². The first-order valence-electron chi connectivity index (χ1n) is 9.50. The third kappa shape index (κ3) is 3.33. The molecule has 1 atom stereocenters. The van der Waals surface area contributed by atoms with E-state index in [0.29, 0.717) is 0 Å². The van der Waals surface area contributed by atoms with Crippen LogP contribution in [0.5, 0.6) is 0 Å². The molecule has 142 valence electrons. The molecule has 0 N–H and O–H groups in total. The average Bonchev–Trinajstić information content (AvgIpc) is 3.32. The fourth-order valence-electron chi connectivity index (χ4n) is 3.43. The molecule has 0 bridgehead atoms. The molecule has 28 heavy (non-hydrogen) atoms. The highest BCUT2D eigenvalue weighted by atomic mass is 15.4. The largest absolute Gasteiger partial charge is 0.272 e. The van der Waals surface area contributed by atoms with Crippen LogP contribution in [0.1, 0.15) is 40.9 Å². The van der Waals surface area contributed by atoms with E-state index in [1.807, 2.05) is 40.9 Å². The van der Waals surface area contributed by atoms with Crippen LogP contribution in [-0.4, -0.2) is 29.8 Å². The molecule has 0 fully saturated rings. The maximum absolute atomic E-state index is 4.53. The number of pyridine rings is 1. The second-order valence-corrected chi connectivity index (χ2v) is 7.10. The van der Waals surface area contributed by atoms with E-state index in [1.54, 1.807) is 6.20 Å². The number of nitrogens with zero attached hydrogens (tertiary/aromatic N) is 6. The molecule has 0 saturated heterocycles. The summed E-state index contributed by atoms with van der Waals surface area (Å²) in [7, 11) is 0. The second kappa shape index (κ2) is 7.38. The Bertz CT molecular complexity index is 1090. The Morgan fingerprint density at radius 1 is 1.00 bits per heavy atom. The van der Waals surface area contributed by atoms with Gasteiger partial charge in [-0.2, -0.15) is 5.10 Å². The smallest absolute Gasteiger partial charge is 0.116 e. The summed E-state index contributed by atoms with van der Waals surface area (Å²) in [4.78, 5) is 4.32. The fourth-order valence-corrected chi connectivity index (χ4v) is 3.43. The minimum atomic E-state index is -0.0872. The van der Waals surface area contributed by atoms with Crippen LogP contribution in [0.25, 0.3) is 11.3 Å². The first-order chi connectivity index (χ1) is 13.6. The fraction of sp³-hybridized carbons (Fsp3) is 0.273. The Morgan fingerprint density at radius 3 is 2.54 bits per heavy atom. The van der Waals surface area contributed by atoms with Gasteiger partial charge in [0, 0.05) is 30.7 Å². The molecule has 0 aliphatic rings. The van der Waals surface area contributed by atoms with Gasteiger partial charge in [0.15, 0.2) is 0 Å². The molecule has 4 aromatic rings. The van der Waals surface area contributed by atoms with Crippen LogP contribution < -0.4 is 0 Å². The molecule has 1 aromatic carbocycles. The van der Waals surface area contributed by atoms with Crippen molar-refractivity contribution in [1.82, 2.24) is 29.8 Å². The van der Waals surface area contributed by atoms with Gasteiger partial charge in [0.2, 0.25) is 0 Å². The zero-order valence-electron chi connectivity index (χ0n) is 16.7. The lowest BCUT2D eigenvalue weighted by Gasteiger charge is -2.18.